The van der Waals surface area contributed by atoms with Crippen LogP contribution in [0.15, 0.2) is 28.9 Å². The third-order valence-electron chi connectivity index (χ3n) is 9.57. The van der Waals surface area contributed by atoms with Crippen molar-refractivity contribution in [2.24, 2.45) is 0 Å². The van der Waals surface area contributed by atoms with Crippen LogP contribution in [0.2, 0.25) is 0 Å². The van der Waals surface area contributed by atoms with Gasteiger partial charge in [0.15, 0.2) is 5.52 Å². The van der Waals surface area contributed by atoms with Crippen molar-refractivity contribution in [1.29, 1.82) is 0 Å². The number of anilines is 1. The predicted octanol–water partition coefficient (Wildman–Crippen LogP) is 11.6. The number of nitrogens with one attached hydrogen (secondary N) is 2. The summed E-state index contributed by atoms with van der Waals surface area (Å²) < 4.78 is 17.6. The molecule has 0 saturated carbocycles. The lowest BCUT2D eigenvalue weighted by atomic mass is 10.0. The average Bonchev–Trinajstić information content (AvgIpc) is 3.62. The maximum absolute atomic E-state index is 12.9. The molecule has 0 aliphatic heterocycles. The van der Waals surface area contributed by atoms with E-state index in [1.807, 2.05) is 6.08 Å². The van der Waals surface area contributed by atoms with Crippen molar-refractivity contribution in [2.75, 3.05) is 35.8 Å². The van der Waals surface area contributed by atoms with Gasteiger partial charge in [-0.1, -0.05) is 156 Å². The van der Waals surface area contributed by atoms with E-state index in [0.29, 0.717) is 34.9 Å². The molecule has 0 saturated heterocycles. The maximum atomic E-state index is 12.9. The van der Waals surface area contributed by atoms with Crippen molar-refractivity contribution in [2.45, 2.75) is 160 Å². The van der Waals surface area contributed by atoms with Crippen molar-refractivity contribution >= 4 is 62.0 Å². The van der Waals surface area contributed by atoms with Crippen LogP contribution in [0.25, 0.3) is 11.0 Å². The number of unbranched alkanes of at least 4 members (excludes halogenated alkanes) is 19. The van der Waals surface area contributed by atoms with Crippen molar-refractivity contribution in [3.8, 4) is 0 Å². The Kier molecular flexibility index (Phi) is 26.1. The van der Waals surface area contributed by atoms with Gasteiger partial charge in [-0.2, -0.15) is 0 Å². The first-order valence-electron chi connectivity index (χ1n) is 20.2. The van der Waals surface area contributed by atoms with Gasteiger partial charge in [-0.25, -0.2) is 4.63 Å². The number of allylic oxidation sites excluding steroid dienone is 1. The first kappa shape index (κ1) is 47.2. The highest BCUT2D eigenvalue weighted by molar-refractivity contribution is 9.09. The molecule has 0 aliphatic carbocycles. The van der Waals surface area contributed by atoms with E-state index in [0.717, 1.165) is 77.2 Å². The summed E-state index contributed by atoms with van der Waals surface area (Å²) in [5.41, 5.74) is 1.09. The number of hydrogen-bond donors (Lipinski definition) is 3. The quantitative estimate of drug-likeness (QED) is 0.0154. The van der Waals surface area contributed by atoms with Gasteiger partial charge in [-0.3, -0.25) is 14.9 Å². The Morgan fingerprint density at radius 3 is 2.09 bits per heavy atom. The average molecular weight is 845 g/mol. The van der Waals surface area contributed by atoms with E-state index in [-0.39, 0.29) is 17.1 Å². The second-order valence-corrected chi connectivity index (χ2v) is 21.3. The standard InChI is InChI=1S/C39H67BrN5O6PS/c1-3-4-5-6-7-8-9-10-11-14-17-20-23-26-37(47)42-34(32-53-52(2,50)31-29-40)36(46)25-22-19-16-13-12-15-18-21-24-30-41-33-27-28-35(45(48)49)39-38(33)43-51-44-39/h22,25,27-28,34,36,41,46H,3-21,23-24,26,29-32H2,1-2H3,(H,42,47)/b25-22+/t34-,36-,52?/m1/s1. The highest BCUT2D eigenvalue weighted by Crippen LogP contribution is 2.55. The Morgan fingerprint density at radius 2 is 1.49 bits per heavy atom. The molecule has 0 fully saturated rings. The molecule has 11 nitrogen and oxygen atoms in total. The first-order valence-corrected chi connectivity index (χ1v) is 25.3. The smallest absolute Gasteiger partial charge is 0.300 e. The van der Waals surface area contributed by atoms with Crippen molar-refractivity contribution in [3.05, 3.63) is 34.4 Å². The number of nitrogens with zero attached hydrogens (tertiary/aromatic N) is 3. The molecular weight excluding hydrogens is 777 g/mol. The van der Waals surface area contributed by atoms with E-state index in [1.165, 1.54) is 81.7 Å². The summed E-state index contributed by atoms with van der Waals surface area (Å²) in [5.74, 6) is 0.381. The number of aliphatic hydroxyl groups excluding tert-OH is 1. The molecule has 0 radical (unpaired) electrons. The summed E-state index contributed by atoms with van der Waals surface area (Å²) in [4.78, 5) is 23.5. The van der Waals surface area contributed by atoms with Crippen LogP contribution in [-0.4, -0.2) is 68.9 Å². The van der Waals surface area contributed by atoms with Gasteiger partial charge in [0.05, 0.1) is 22.8 Å². The molecule has 302 valence electrons. The number of amides is 1. The van der Waals surface area contributed by atoms with Crippen LogP contribution in [0.3, 0.4) is 0 Å². The third-order valence-corrected chi connectivity index (χ3v) is 15.3. The van der Waals surface area contributed by atoms with Crippen molar-refractivity contribution < 1.29 is 24.0 Å². The number of aliphatic hydroxyl groups is 1. The molecule has 2 rings (SSSR count). The second kappa shape index (κ2) is 29.4. The molecular formula is C39H67BrN5O6PS. The van der Waals surface area contributed by atoms with Crippen molar-refractivity contribution in [1.82, 2.24) is 15.6 Å². The van der Waals surface area contributed by atoms with E-state index in [4.69, 9.17) is 4.63 Å². The number of aromatic nitrogens is 2. The minimum Gasteiger partial charge on any atom is -0.387 e. The fourth-order valence-electron chi connectivity index (χ4n) is 6.27. The number of hydrogen-bond acceptors (Lipinski definition) is 10. The van der Waals surface area contributed by atoms with E-state index in [1.54, 1.807) is 18.8 Å². The molecule has 0 bridgehead atoms. The summed E-state index contributed by atoms with van der Waals surface area (Å²) in [7, 11) is 0. The summed E-state index contributed by atoms with van der Waals surface area (Å²) in [6.45, 7) is 4.77. The minimum absolute atomic E-state index is 0.0377. The second-order valence-electron chi connectivity index (χ2n) is 14.3. The van der Waals surface area contributed by atoms with E-state index in [9.17, 15) is 24.6 Å². The van der Waals surface area contributed by atoms with Crippen LogP contribution in [0.5, 0.6) is 0 Å². The van der Waals surface area contributed by atoms with Gasteiger partial charge in [-0.15, -0.1) is 0 Å². The lowest BCUT2D eigenvalue weighted by Gasteiger charge is -2.23. The Balaban J connectivity index is 1.59. The molecule has 0 aliphatic rings. The normalized spacial score (nSPS) is 14.0. The number of carbonyl (C=O) groups is 1. The number of nitro benzene ring substituents is 1. The third kappa shape index (κ3) is 21.7. The molecule has 53 heavy (non-hydrogen) atoms. The molecule has 1 aromatic carbocycles. The fraction of sp³-hybridized carbons (Fsp3) is 0.769. The van der Waals surface area contributed by atoms with Gasteiger partial charge in [-0.05, 0) is 48.7 Å². The Morgan fingerprint density at radius 1 is 0.925 bits per heavy atom. The van der Waals surface area contributed by atoms with Crippen LogP contribution in [-0.2, 0) is 9.36 Å². The van der Waals surface area contributed by atoms with Gasteiger partial charge in [0.1, 0.15) is 6.34 Å². The molecule has 1 unspecified atom stereocenters. The Hall–Kier alpha value is -1.95. The Bertz CT molecular complexity index is 1360. The summed E-state index contributed by atoms with van der Waals surface area (Å²) in [6, 6.07) is 2.59. The predicted molar refractivity (Wildman–Crippen MR) is 226 cm³/mol. The lowest BCUT2D eigenvalue weighted by Crippen LogP contribution is -2.44. The van der Waals surface area contributed by atoms with E-state index < -0.39 is 23.4 Å². The number of fused-ring (bicyclic) bond motifs is 1. The molecule has 1 amide bonds. The highest BCUT2D eigenvalue weighted by atomic mass is 79.9. The SMILES string of the molecule is CCCCCCCCCCCCCCCC(=O)N[C@H](CSP(C)(=O)CCBr)[C@H](O)/C=C/CCCCCCCCCNc1ccc([N+](=O)[O-])c2nonc12. The number of benzene rings is 1. The summed E-state index contributed by atoms with van der Waals surface area (Å²) in [5, 5.41) is 36.7. The zero-order valence-corrected chi connectivity index (χ0v) is 35.7. The number of non-ortho nitro benzene ring substituents is 1. The molecule has 3 N–H and O–H groups in total. The van der Waals surface area contributed by atoms with E-state index in [2.05, 4.69) is 43.8 Å². The Labute approximate surface area is 330 Å². The van der Waals surface area contributed by atoms with Crippen LogP contribution in [0.4, 0.5) is 11.4 Å². The monoisotopic (exact) mass is 843 g/mol. The molecule has 2 aromatic rings. The first-order chi connectivity index (χ1) is 25.7. The number of alkyl halides is 1. The summed E-state index contributed by atoms with van der Waals surface area (Å²) >= 11 is 4.76. The zero-order valence-electron chi connectivity index (χ0n) is 32.4. The van der Waals surface area contributed by atoms with E-state index >= 15 is 0 Å². The van der Waals surface area contributed by atoms with Gasteiger partial charge in [0, 0.05) is 36.3 Å². The topological polar surface area (TPSA) is 160 Å². The number of halogens is 1. The maximum Gasteiger partial charge on any atom is 0.300 e. The highest BCUT2D eigenvalue weighted by Gasteiger charge is 2.24. The minimum atomic E-state index is -2.41. The lowest BCUT2D eigenvalue weighted by molar-refractivity contribution is -0.383. The largest absolute Gasteiger partial charge is 0.387 e. The van der Waals surface area contributed by atoms with Gasteiger partial charge < -0.3 is 20.3 Å². The zero-order chi connectivity index (χ0) is 38.6. The van der Waals surface area contributed by atoms with Gasteiger partial charge >= 0.3 is 5.69 Å². The molecule has 1 aromatic heterocycles. The number of rotatable bonds is 34. The van der Waals surface area contributed by atoms with Crippen LogP contribution in [0.1, 0.15) is 148 Å². The van der Waals surface area contributed by atoms with Crippen LogP contribution in [0, 0.1) is 10.1 Å². The molecule has 0 spiro atoms. The van der Waals surface area contributed by atoms with Gasteiger partial charge in [0.25, 0.3) is 0 Å². The molecule has 3 atom stereocenters. The fourth-order valence-corrected chi connectivity index (χ4v) is 12.3. The molecule has 1 heterocycles. The number of carbonyl (C=O) groups excluding carboxylic acids is 1. The van der Waals surface area contributed by atoms with Crippen molar-refractivity contribution in [3.63, 3.8) is 0 Å². The number of nitro groups is 1. The summed E-state index contributed by atoms with van der Waals surface area (Å²) in [6.07, 6.45) is 26.5. The van der Waals surface area contributed by atoms with Crippen LogP contribution >= 0.6 is 33.7 Å². The van der Waals surface area contributed by atoms with Gasteiger partial charge in [0.2, 0.25) is 11.4 Å². The molecule has 14 heteroatoms. The van der Waals surface area contributed by atoms with Crippen LogP contribution < -0.4 is 10.6 Å².